The van der Waals surface area contributed by atoms with Crippen LogP contribution in [0.5, 0.6) is 0 Å². The summed E-state index contributed by atoms with van der Waals surface area (Å²) in [6.07, 6.45) is 2.83. The molecule has 0 fully saturated rings. The van der Waals surface area contributed by atoms with Crippen molar-refractivity contribution in [1.82, 2.24) is 0 Å². The second-order valence-corrected chi connectivity index (χ2v) is 4.28. The molecular formula is C12H14OS. The molecule has 0 atom stereocenters. The largest absolute Gasteiger partial charge is 0.298 e. The third-order valence-electron chi connectivity index (χ3n) is 1.86. The first-order valence-electron chi connectivity index (χ1n) is 4.54. The van der Waals surface area contributed by atoms with Crippen LogP contribution in [0, 0.1) is 6.92 Å². The van der Waals surface area contributed by atoms with Gasteiger partial charge in [-0.25, -0.2) is 0 Å². The Hall–Kier alpha value is -1.02. The number of allylic oxidation sites excluding steroid dienone is 1. The minimum atomic E-state index is 0.796. The molecule has 0 spiro atoms. The molecule has 0 saturated heterocycles. The normalized spacial score (nSPS) is 11.4. The Labute approximate surface area is 89.2 Å². The van der Waals surface area contributed by atoms with Crippen molar-refractivity contribution < 1.29 is 4.79 Å². The van der Waals surface area contributed by atoms with Crippen LogP contribution in [0.4, 0.5) is 0 Å². The van der Waals surface area contributed by atoms with Gasteiger partial charge in [-0.3, -0.25) is 4.79 Å². The van der Waals surface area contributed by atoms with Crippen molar-refractivity contribution in [2.75, 3.05) is 5.75 Å². The van der Waals surface area contributed by atoms with Crippen molar-refractivity contribution in [3.63, 3.8) is 0 Å². The molecule has 1 aromatic carbocycles. The predicted octanol–water partition coefficient (Wildman–Crippen LogP) is 3.23. The van der Waals surface area contributed by atoms with Gasteiger partial charge in [-0.15, -0.1) is 11.8 Å². The number of aryl methyl sites for hydroxylation is 1. The molecule has 0 bridgehead atoms. The summed E-state index contributed by atoms with van der Waals surface area (Å²) in [7, 11) is 0. The average molecular weight is 206 g/mol. The highest BCUT2D eigenvalue weighted by Crippen LogP contribution is 2.18. The average Bonchev–Trinajstić information content (AvgIpc) is 2.21. The molecule has 0 aliphatic carbocycles. The summed E-state index contributed by atoms with van der Waals surface area (Å²) in [6.45, 7) is 3.90. The van der Waals surface area contributed by atoms with Gasteiger partial charge < -0.3 is 0 Å². The minimum Gasteiger partial charge on any atom is -0.298 e. The van der Waals surface area contributed by atoms with Gasteiger partial charge >= 0.3 is 0 Å². The van der Waals surface area contributed by atoms with E-state index in [0.29, 0.717) is 0 Å². The summed E-state index contributed by atoms with van der Waals surface area (Å²) in [5.41, 5.74) is 2.07. The lowest BCUT2D eigenvalue weighted by Crippen LogP contribution is -1.80. The highest BCUT2D eigenvalue weighted by Gasteiger charge is 1.91. The van der Waals surface area contributed by atoms with E-state index in [0.717, 1.165) is 17.6 Å². The summed E-state index contributed by atoms with van der Waals surface area (Å²) in [4.78, 5) is 11.6. The van der Waals surface area contributed by atoms with Gasteiger partial charge in [-0.1, -0.05) is 23.8 Å². The van der Waals surface area contributed by atoms with Crippen LogP contribution in [0.2, 0.25) is 0 Å². The van der Waals surface area contributed by atoms with Crippen LogP contribution in [0.15, 0.2) is 40.8 Å². The van der Waals surface area contributed by atoms with Gasteiger partial charge in [0.2, 0.25) is 0 Å². The third-order valence-corrected chi connectivity index (χ3v) is 2.80. The summed E-state index contributed by atoms with van der Waals surface area (Å²) in [6, 6.07) is 8.39. The number of hydrogen-bond donors (Lipinski definition) is 0. The Kier molecular flexibility index (Phi) is 4.47. The zero-order valence-corrected chi connectivity index (χ0v) is 9.30. The molecule has 74 valence electrons. The maximum Gasteiger partial charge on any atom is 0.145 e. The number of hydrogen-bond acceptors (Lipinski definition) is 2. The first-order chi connectivity index (χ1) is 6.72. The van der Waals surface area contributed by atoms with Crippen LogP contribution in [-0.4, -0.2) is 12.0 Å². The molecule has 1 rings (SSSR count). The van der Waals surface area contributed by atoms with Crippen molar-refractivity contribution in [2.24, 2.45) is 0 Å². The minimum absolute atomic E-state index is 0.796. The molecule has 0 N–H and O–H groups in total. The van der Waals surface area contributed by atoms with Gasteiger partial charge in [-0.2, -0.15) is 0 Å². The van der Waals surface area contributed by atoms with Gasteiger partial charge in [0, 0.05) is 10.6 Å². The lowest BCUT2D eigenvalue weighted by molar-refractivity contribution is -0.104. The fourth-order valence-electron chi connectivity index (χ4n) is 0.952. The van der Waals surface area contributed by atoms with Crippen LogP contribution in [-0.2, 0) is 4.79 Å². The number of aldehydes is 1. The lowest BCUT2D eigenvalue weighted by atomic mass is 10.2. The maximum atomic E-state index is 10.3. The van der Waals surface area contributed by atoms with E-state index in [9.17, 15) is 4.79 Å². The highest BCUT2D eigenvalue weighted by molar-refractivity contribution is 7.99. The molecule has 1 nitrogen and oxygen atoms in total. The molecular weight excluding hydrogens is 192 g/mol. The van der Waals surface area contributed by atoms with Crippen LogP contribution in [0.3, 0.4) is 0 Å². The predicted molar refractivity (Wildman–Crippen MR) is 61.7 cm³/mol. The molecule has 0 saturated carbocycles. The van der Waals surface area contributed by atoms with Crippen molar-refractivity contribution >= 4 is 18.0 Å². The molecule has 0 radical (unpaired) electrons. The van der Waals surface area contributed by atoms with Gasteiger partial charge in [0.15, 0.2) is 0 Å². The molecule has 0 aliphatic heterocycles. The van der Waals surface area contributed by atoms with Gasteiger partial charge in [0.25, 0.3) is 0 Å². The molecule has 0 aromatic heterocycles. The molecule has 0 heterocycles. The quantitative estimate of drug-likeness (QED) is 0.427. The van der Waals surface area contributed by atoms with Gasteiger partial charge in [0.05, 0.1) is 0 Å². The van der Waals surface area contributed by atoms with Crippen molar-refractivity contribution in [1.29, 1.82) is 0 Å². The Morgan fingerprint density at radius 3 is 2.57 bits per heavy atom. The second-order valence-electron chi connectivity index (χ2n) is 3.19. The van der Waals surface area contributed by atoms with Crippen LogP contribution in [0.25, 0.3) is 0 Å². The number of carbonyl (C=O) groups is 1. The Morgan fingerprint density at radius 2 is 2.00 bits per heavy atom. The Bertz CT molecular complexity index is 325. The monoisotopic (exact) mass is 206 g/mol. The SMILES string of the molecule is C/C(C=O)=C\CSc1ccc(C)cc1. The summed E-state index contributed by atoms with van der Waals surface area (Å²) in [5.74, 6) is 0.855. The molecule has 1 aromatic rings. The molecule has 0 amide bonds. The van der Waals surface area contributed by atoms with E-state index in [-0.39, 0.29) is 0 Å². The molecule has 0 aliphatic rings. The van der Waals surface area contributed by atoms with Gasteiger partial charge in [-0.05, 0) is 31.6 Å². The van der Waals surface area contributed by atoms with Gasteiger partial charge in [0.1, 0.15) is 6.29 Å². The van der Waals surface area contributed by atoms with Crippen LogP contribution >= 0.6 is 11.8 Å². The maximum absolute atomic E-state index is 10.3. The fourth-order valence-corrected chi connectivity index (χ4v) is 1.82. The number of benzene rings is 1. The van der Waals surface area contributed by atoms with E-state index in [1.165, 1.54) is 10.5 Å². The van der Waals surface area contributed by atoms with Crippen molar-refractivity contribution in [3.8, 4) is 0 Å². The standard InChI is InChI=1S/C12H14OS/c1-10-3-5-12(6-4-10)14-8-7-11(2)9-13/h3-7,9H,8H2,1-2H3/b11-7+. The molecule has 14 heavy (non-hydrogen) atoms. The number of rotatable bonds is 4. The molecule has 2 heteroatoms. The van der Waals surface area contributed by atoms with E-state index in [1.54, 1.807) is 11.8 Å². The summed E-state index contributed by atoms with van der Waals surface area (Å²) < 4.78 is 0. The summed E-state index contributed by atoms with van der Waals surface area (Å²) in [5, 5.41) is 0. The Morgan fingerprint density at radius 1 is 1.36 bits per heavy atom. The zero-order chi connectivity index (χ0) is 10.4. The highest BCUT2D eigenvalue weighted by atomic mass is 32.2. The van der Waals surface area contributed by atoms with E-state index in [2.05, 4.69) is 31.2 Å². The summed E-state index contributed by atoms with van der Waals surface area (Å²) >= 11 is 1.74. The second kappa shape index (κ2) is 5.66. The van der Waals surface area contributed by atoms with Crippen LogP contribution < -0.4 is 0 Å². The van der Waals surface area contributed by atoms with Crippen molar-refractivity contribution in [2.45, 2.75) is 18.7 Å². The molecule has 0 unspecified atom stereocenters. The third kappa shape index (κ3) is 3.79. The first kappa shape index (κ1) is 11.1. The zero-order valence-electron chi connectivity index (χ0n) is 8.49. The number of carbonyl (C=O) groups excluding carboxylic acids is 1. The van der Waals surface area contributed by atoms with E-state index >= 15 is 0 Å². The fraction of sp³-hybridized carbons (Fsp3) is 0.250. The topological polar surface area (TPSA) is 17.1 Å². The Balaban J connectivity index is 2.46. The van der Waals surface area contributed by atoms with E-state index in [1.807, 2.05) is 13.0 Å². The number of thioether (sulfide) groups is 1. The smallest absolute Gasteiger partial charge is 0.145 e. The van der Waals surface area contributed by atoms with Crippen molar-refractivity contribution in [3.05, 3.63) is 41.5 Å². The van der Waals surface area contributed by atoms with E-state index in [4.69, 9.17) is 0 Å². The first-order valence-corrected chi connectivity index (χ1v) is 5.52. The van der Waals surface area contributed by atoms with E-state index < -0.39 is 0 Å². The lowest BCUT2D eigenvalue weighted by Gasteiger charge is -1.98. The van der Waals surface area contributed by atoms with Crippen LogP contribution in [0.1, 0.15) is 12.5 Å².